The molecule has 0 atom stereocenters. The van der Waals surface area contributed by atoms with E-state index >= 15 is 0 Å². The summed E-state index contributed by atoms with van der Waals surface area (Å²) in [6.45, 7) is 4.65. The lowest BCUT2D eigenvalue weighted by molar-refractivity contribution is 0.503. The molecule has 1 saturated carbocycles. The zero-order chi connectivity index (χ0) is 13.3. The van der Waals surface area contributed by atoms with Gasteiger partial charge in [0.15, 0.2) is 0 Å². The summed E-state index contributed by atoms with van der Waals surface area (Å²) in [7, 11) is 0. The first-order chi connectivity index (χ1) is 8.49. The van der Waals surface area contributed by atoms with E-state index in [-0.39, 0.29) is 16.6 Å². The highest BCUT2D eigenvalue weighted by Crippen LogP contribution is 2.47. The van der Waals surface area contributed by atoms with E-state index in [1.165, 1.54) is 17.5 Å². The van der Waals surface area contributed by atoms with Crippen molar-refractivity contribution in [1.29, 1.82) is 0 Å². The summed E-state index contributed by atoms with van der Waals surface area (Å²) in [5.74, 6) is 0. The van der Waals surface area contributed by atoms with E-state index in [1.807, 2.05) is 25.6 Å². The van der Waals surface area contributed by atoms with Crippen LogP contribution >= 0.6 is 23.4 Å². The second-order valence-electron chi connectivity index (χ2n) is 4.96. The summed E-state index contributed by atoms with van der Waals surface area (Å²) >= 11 is 7.96. The fourth-order valence-electron chi connectivity index (χ4n) is 1.78. The molecule has 0 amide bonds. The maximum Gasteiger partial charge on any atom is 0.287 e. The van der Waals surface area contributed by atoms with Gasteiger partial charge >= 0.3 is 0 Å². The Morgan fingerprint density at radius 1 is 1.61 bits per heavy atom. The smallest absolute Gasteiger partial charge is 0.287 e. The van der Waals surface area contributed by atoms with Crippen LogP contribution in [-0.4, -0.2) is 27.3 Å². The number of hydrogen-bond acceptors (Lipinski definition) is 4. The van der Waals surface area contributed by atoms with Crippen molar-refractivity contribution in [2.24, 2.45) is 0 Å². The molecule has 1 aliphatic rings. The van der Waals surface area contributed by atoms with Crippen molar-refractivity contribution in [3.05, 3.63) is 21.6 Å². The third kappa shape index (κ3) is 2.67. The van der Waals surface area contributed by atoms with Crippen LogP contribution in [0.3, 0.4) is 0 Å². The SMILES string of the molecule is CSC1(CNc2cnn(C(C)C)c(=O)c2Cl)CC1. The highest BCUT2D eigenvalue weighted by atomic mass is 35.5. The third-order valence-corrected chi connectivity index (χ3v) is 5.06. The zero-order valence-electron chi connectivity index (χ0n) is 10.9. The average molecular weight is 288 g/mol. The second-order valence-corrected chi connectivity index (χ2v) is 6.61. The number of aromatic nitrogens is 2. The standard InChI is InChI=1S/C12H18ClN3OS/c1-8(2)16-11(17)10(13)9(6-15-16)14-7-12(18-3)4-5-12/h6,8,14H,4-5,7H2,1-3H3. The molecule has 1 aromatic rings. The number of anilines is 1. The van der Waals surface area contributed by atoms with Crippen LogP contribution in [0.15, 0.2) is 11.0 Å². The molecule has 0 unspecified atom stereocenters. The highest BCUT2D eigenvalue weighted by molar-refractivity contribution is 8.00. The monoisotopic (exact) mass is 287 g/mol. The van der Waals surface area contributed by atoms with Crippen molar-refractivity contribution in [1.82, 2.24) is 9.78 Å². The van der Waals surface area contributed by atoms with Crippen molar-refractivity contribution >= 4 is 29.1 Å². The molecule has 1 heterocycles. The predicted octanol–water partition coefficient (Wildman–Crippen LogP) is 2.79. The van der Waals surface area contributed by atoms with Crippen molar-refractivity contribution in [2.75, 3.05) is 18.1 Å². The molecule has 0 aromatic carbocycles. The first kappa shape index (κ1) is 13.7. The van der Waals surface area contributed by atoms with Gasteiger partial charge in [-0.2, -0.15) is 16.9 Å². The van der Waals surface area contributed by atoms with Crippen LogP contribution in [0, 0.1) is 0 Å². The Morgan fingerprint density at radius 2 is 2.28 bits per heavy atom. The summed E-state index contributed by atoms with van der Waals surface area (Å²) in [6, 6.07) is 0.0185. The second kappa shape index (κ2) is 5.13. The lowest BCUT2D eigenvalue weighted by Crippen LogP contribution is -2.27. The minimum atomic E-state index is -0.231. The number of nitrogens with one attached hydrogen (secondary N) is 1. The largest absolute Gasteiger partial charge is 0.381 e. The third-order valence-electron chi connectivity index (χ3n) is 3.27. The predicted molar refractivity (Wildman–Crippen MR) is 77.9 cm³/mol. The Balaban J connectivity index is 2.15. The Hall–Kier alpha value is -0.680. The van der Waals surface area contributed by atoms with Crippen LogP contribution in [0.5, 0.6) is 0 Å². The van der Waals surface area contributed by atoms with Crippen LogP contribution in [-0.2, 0) is 0 Å². The number of hydrogen-bond donors (Lipinski definition) is 1. The van der Waals surface area contributed by atoms with Gasteiger partial charge in [-0.05, 0) is 32.9 Å². The van der Waals surface area contributed by atoms with E-state index < -0.39 is 0 Å². The highest BCUT2D eigenvalue weighted by Gasteiger charge is 2.41. The van der Waals surface area contributed by atoms with E-state index in [4.69, 9.17) is 11.6 Å². The van der Waals surface area contributed by atoms with Gasteiger partial charge in [-0.25, -0.2) is 4.68 Å². The maximum atomic E-state index is 12.0. The minimum Gasteiger partial charge on any atom is -0.381 e. The van der Waals surface area contributed by atoms with Gasteiger partial charge in [0.2, 0.25) is 0 Å². The van der Waals surface area contributed by atoms with Crippen molar-refractivity contribution < 1.29 is 0 Å². The number of thioether (sulfide) groups is 1. The average Bonchev–Trinajstić information content (AvgIpc) is 3.11. The number of nitrogens with zero attached hydrogens (tertiary/aromatic N) is 2. The Labute approximate surface area is 116 Å². The van der Waals surface area contributed by atoms with Crippen molar-refractivity contribution in [3.8, 4) is 0 Å². The molecule has 18 heavy (non-hydrogen) atoms. The summed E-state index contributed by atoms with van der Waals surface area (Å²) in [5.41, 5.74) is 0.407. The number of rotatable bonds is 5. The minimum absolute atomic E-state index is 0.0185. The molecule has 6 heteroatoms. The van der Waals surface area contributed by atoms with Crippen LogP contribution < -0.4 is 10.9 Å². The van der Waals surface area contributed by atoms with E-state index in [2.05, 4.69) is 16.7 Å². The molecule has 1 fully saturated rings. The van der Waals surface area contributed by atoms with Gasteiger partial charge in [-0.15, -0.1) is 0 Å². The summed E-state index contributed by atoms with van der Waals surface area (Å²) in [4.78, 5) is 12.0. The lowest BCUT2D eigenvalue weighted by atomic mass is 10.3. The zero-order valence-corrected chi connectivity index (χ0v) is 12.4. The molecule has 0 saturated heterocycles. The van der Waals surface area contributed by atoms with Gasteiger partial charge in [0, 0.05) is 11.3 Å². The Kier molecular flexibility index (Phi) is 3.92. The fourth-order valence-corrected chi connectivity index (χ4v) is 2.71. The van der Waals surface area contributed by atoms with Crippen molar-refractivity contribution in [3.63, 3.8) is 0 Å². The van der Waals surface area contributed by atoms with E-state index in [0.29, 0.717) is 10.4 Å². The first-order valence-corrected chi connectivity index (χ1v) is 7.66. The fraction of sp³-hybridized carbons (Fsp3) is 0.667. The molecule has 1 aliphatic carbocycles. The molecular weight excluding hydrogens is 270 g/mol. The van der Waals surface area contributed by atoms with Crippen LogP contribution in [0.4, 0.5) is 5.69 Å². The van der Waals surface area contributed by atoms with Crippen LogP contribution in [0.1, 0.15) is 32.7 Å². The van der Waals surface area contributed by atoms with Crippen molar-refractivity contribution in [2.45, 2.75) is 37.5 Å². The van der Waals surface area contributed by atoms with Gasteiger partial charge in [0.1, 0.15) is 5.02 Å². The van der Waals surface area contributed by atoms with Crippen LogP contribution in [0.25, 0.3) is 0 Å². The normalized spacial score (nSPS) is 16.9. The van der Waals surface area contributed by atoms with Crippen LogP contribution in [0.2, 0.25) is 5.02 Å². The molecule has 2 rings (SSSR count). The molecule has 4 nitrogen and oxygen atoms in total. The topological polar surface area (TPSA) is 46.9 Å². The molecule has 100 valence electrons. The molecule has 0 aliphatic heterocycles. The molecule has 0 bridgehead atoms. The summed E-state index contributed by atoms with van der Waals surface area (Å²) in [6.07, 6.45) is 6.19. The quantitative estimate of drug-likeness (QED) is 0.905. The van der Waals surface area contributed by atoms with Gasteiger partial charge in [0.05, 0.1) is 17.9 Å². The first-order valence-electron chi connectivity index (χ1n) is 6.05. The molecular formula is C12H18ClN3OS. The van der Waals surface area contributed by atoms with Gasteiger partial charge in [0.25, 0.3) is 5.56 Å². The van der Waals surface area contributed by atoms with Gasteiger partial charge < -0.3 is 5.32 Å². The Bertz CT molecular complexity index is 497. The Morgan fingerprint density at radius 3 is 2.78 bits per heavy atom. The maximum absolute atomic E-state index is 12.0. The molecule has 0 spiro atoms. The molecule has 1 N–H and O–H groups in total. The number of halogens is 1. The molecule has 0 radical (unpaired) electrons. The van der Waals surface area contributed by atoms with Gasteiger partial charge in [-0.1, -0.05) is 11.6 Å². The van der Waals surface area contributed by atoms with E-state index in [0.717, 1.165) is 6.54 Å². The van der Waals surface area contributed by atoms with E-state index in [1.54, 1.807) is 6.20 Å². The molecule has 1 aromatic heterocycles. The summed E-state index contributed by atoms with van der Waals surface area (Å²) < 4.78 is 1.73. The lowest BCUT2D eigenvalue weighted by Gasteiger charge is -2.16. The van der Waals surface area contributed by atoms with Gasteiger partial charge in [-0.3, -0.25) is 4.79 Å². The van der Waals surface area contributed by atoms with E-state index in [9.17, 15) is 4.79 Å². The summed E-state index contributed by atoms with van der Waals surface area (Å²) in [5, 5.41) is 7.61.